The van der Waals surface area contributed by atoms with Gasteiger partial charge in [-0.15, -0.1) is 11.8 Å². The molecule has 0 fully saturated rings. The van der Waals surface area contributed by atoms with Crippen LogP contribution in [-0.2, 0) is 24.6 Å². The summed E-state index contributed by atoms with van der Waals surface area (Å²) in [7, 11) is 0. The molecule has 0 radical (unpaired) electrons. The van der Waals surface area contributed by atoms with Crippen molar-refractivity contribution in [1.82, 2.24) is 0 Å². The fourth-order valence-electron chi connectivity index (χ4n) is 3.93. The summed E-state index contributed by atoms with van der Waals surface area (Å²) in [4.78, 5) is 1.18. The van der Waals surface area contributed by atoms with E-state index in [1.807, 2.05) is 38.1 Å². The molecule has 0 saturated heterocycles. The molecule has 0 saturated carbocycles. The molecule has 4 heteroatoms. The van der Waals surface area contributed by atoms with Gasteiger partial charge in [0.15, 0.2) is 0 Å². The zero-order valence-electron chi connectivity index (χ0n) is 18.6. The topological polar surface area (TPSA) is 60.7 Å². The van der Waals surface area contributed by atoms with Gasteiger partial charge in [-0.1, -0.05) is 62.4 Å². The van der Waals surface area contributed by atoms with Crippen molar-refractivity contribution in [1.29, 1.82) is 0 Å². The molecule has 0 unspecified atom stereocenters. The Morgan fingerprint density at radius 3 is 2.23 bits per heavy atom. The highest BCUT2D eigenvalue weighted by Gasteiger charge is 2.25. The number of aliphatic hydroxyl groups excluding tert-OH is 2. The van der Waals surface area contributed by atoms with E-state index in [4.69, 9.17) is 0 Å². The van der Waals surface area contributed by atoms with Crippen LogP contribution in [0.1, 0.15) is 54.5 Å². The smallest absolute Gasteiger partial charge is 0.0891 e. The Morgan fingerprint density at radius 1 is 0.839 bits per heavy atom. The molecule has 0 heterocycles. The summed E-state index contributed by atoms with van der Waals surface area (Å²) in [6.45, 7) is 6.02. The monoisotopic (exact) mass is 436 g/mol. The van der Waals surface area contributed by atoms with E-state index in [-0.39, 0.29) is 13.2 Å². The van der Waals surface area contributed by atoms with Gasteiger partial charge in [0, 0.05) is 10.6 Å². The van der Waals surface area contributed by atoms with Crippen LogP contribution in [0.3, 0.4) is 0 Å². The van der Waals surface area contributed by atoms with Gasteiger partial charge in [-0.3, -0.25) is 0 Å². The maximum absolute atomic E-state index is 10.8. The number of aliphatic hydroxyl groups is 3. The van der Waals surface area contributed by atoms with E-state index in [9.17, 15) is 15.3 Å². The molecule has 0 amide bonds. The van der Waals surface area contributed by atoms with Crippen LogP contribution < -0.4 is 0 Å². The highest BCUT2D eigenvalue weighted by molar-refractivity contribution is 7.98. The highest BCUT2D eigenvalue weighted by Crippen LogP contribution is 2.34. The van der Waals surface area contributed by atoms with E-state index >= 15 is 0 Å². The van der Waals surface area contributed by atoms with Gasteiger partial charge in [0.05, 0.1) is 18.8 Å². The third-order valence-electron chi connectivity index (χ3n) is 6.10. The van der Waals surface area contributed by atoms with Gasteiger partial charge >= 0.3 is 0 Å². The minimum absolute atomic E-state index is 0.0581. The van der Waals surface area contributed by atoms with Crippen LogP contribution in [0.25, 0.3) is 11.1 Å². The molecule has 3 rings (SSSR count). The Morgan fingerprint density at radius 2 is 1.58 bits per heavy atom. The van der Waals surface area contributed by atoms with Gasteiger partial charge in [-0.25, -0.2) is 0 Å². The average Bonchev–Trinajstić information content (AvgIpc) is 2.82. The normalized spacial score (nSPS) is 11.7. The predicted octanol–water partition coefficient (Wildman–Crippen LogP) is 5.95. The van der Waals surface area contributed by atoms with Crippen molar-refractivity contribution in [3.8, 4) is 11.1 Å². The van der Waals surface area contributed by atoms with Crippen molar-refractivity contribution in [3.05, 3.63) is 88.5 Å². The molecule has 0 atom stereocenters. The number of thioether (sulfide) groups is 1. The number of hydrogen-bond acceptors (Lipinski definition) is 4. The molecule has 3 aromatic carbocycles. The van der Waals surface area contributed by atoms with Crippen molar-refractivity contribution in [3.63, 3.8) is 0 Å². The first kappa shape index (κ1) is 23.6. The maximum Gasteiger partial charge on any atom is 0.0891 e. The van der Waals surface area contributed by atoms with Crippen molar-refractivity contribution in [2.24, 2.45) is 0 Å². The molecule has 31 heavy (non-hydrogen) atoms. The summed E-state index contributed by atoms with van der Waals surface area (Å²) in [6.07, 6.45) is 1.40. The third-order valence-corrected chi connectivity index (χ3v) is 7.16. The first-order chi connectivity index (χ1) is 14.9. The van der Waals surface area contributed by atoms with Gasteiger partial charge in [-0.2, -0.15) is 0 Å². The van der Waals surface area contributed by atoms with Gasteiger partial charge in [-0.05, 0) is 70.8 Å². The highest BCUT2D eigenvalue weighted by atomic mass is 32.2. The Hall–Kier alpha value is -2.11. The van der Waals surface area contributed by atoms with E-state index in [2.05, 4.69) is 43.3 Å². The molecule has 0 bridgehead atoms. The van der Waals surface area contributed by atoms with Crippen LogP contribution in [-0.4, -0.2) is 15.3 Å². The zero-order chi connectivity index (χ0) is 22.4. The van der Waals surface area contributed by atoms with Crippen molar-refractivity contribution in [2.75, 3.05) is 0 Å². The predicted molar refractivity (Wildman–Crippen MR) is 129 cm³/mol. The second kappa shape index (κ2) is 10.5. The van der Waals surface area contributed by atoms with Crippen molar-refractivity contribution < 1.29 is 15.3 Å². The minimum Gasteiger partial charge on any atom is -0.392 e. The standard InChI is InChI=1S/C27H32O3S/c1-4-27(30,5-2)24-11-12-26(19(3)13-24)21-7-6-8-25(15-21)31-18-20-9-10-22(16-28)23(14-20)17-29/h6-15,28-30H,4-5,16-18H2,1-3H3. The summed E-state index contributed by atoms with van der Waals surface area (Å²) in [5.41, 5.74) is 6.39. The molecular formula is C27H32O3S. The average molecular weight is 437 g/mol. The molecule has 0 aliphatic rings. The molecule has 0 spiro atoms. The van der Waals surface area contributed by atoms with E-state index in [0.29, 0.717) is 12.8 Å². The second-order valence-electron chi connectivity index (χ2n) is 8.00. The molecule has 0 aromatic heterocycles. The lowest BCUT2D eigenvalue weighted by molar-refractivity contribution is 0.0283. The van der Waals surface area contributed by atoms with Crippen molar-refractivity contribution >= 4 is 11.8 Å². The van der Waals surface area contributed by atoms with Gasteiger partial charge in [0.25, 0.3) is 0 Å². The Kier molecular flexibility index (Phi) is 7.95. The molecule has 0 aliphatic carbocycles. The SMILES string of the molecule is CCC(O)(CC)c1ccc(-c2cccc(SCc3ccc(CO)c(CO)c3)c2)c(C)c1. The quantitative estimate of drug-likeness (QED) is 0.363. The largest absolute Gasteiger partial charge is 0.392 e. The van der Waals surface area contributed by atoms with Gasteiger partial charge in [0.2, 0.25) is 0 Å². The van der Waals surface area contributed by atoms with Crippen molar-refractivity contribution in [2.45, 2.75) is 63.1 Å². The molecule has 0 aliphatic heterocycles. The second-order valence-corrected chi connectivity index (χ2v) is 9.05. The first-order valence-electron chi connectivity index (χ1n) is 10.8. The molecule has 164 valence electrons. The van der Waals surface area contributed by atoms with Crippen LogP contribution in [0.2, 0.25) is 0 Å². The van der Waals surface area contributed by atoms with E-state index in [0.717, 1.165) is 39.1 Å². The lowest BCUT2D eigenvalue weighted by Crippen LogP contribution is -2.23. The van der Waals surface area contributed by atoms with Crippen LogP contribution in [0.4, 0.5) is 0 Å². The third kappa shape index (κ3) is 5.39. The van der Waals surface area contributed by atoms with Crippen LogP contribution >= 0.6 is 11.8 Å². The number of aryl methyl sites for hydroxylation is 1. The Bertz CT molecular complexity index is 1020. The summed E-state index contributed by atoms with van der Waals surface area (Å²) >= 11 is 1.75. The number of rotatable bonds is 9. The lowest BCUT2D eigenvalue weighted by Gasteiger charge is -2.26. The number of hydrogen-bond donors (Lipinski definition) is 3. The van der Waals surface area contributed by atoms with Crippen LogP contribution in [0.5, 0.6) is 0 Å². The minimum atomic E-state index is -0.764. The summed E-state index contributed by atoms with van der Waals surface area (Å²) in [5.74, 6) is 0.792. The summed E-state index contributed by atoms with van der Waals surface area (Å²) in [6, 6.07) is 20.7. The summed E-state index contributed by atoms with van der Waals surface area (Å²) in [5, 5.41) is 29.7. The molecule has 3 nitrogen and oxygen atoms in total. The Labute approximate surface area is 189 Å². The molecule has 3 aromatic rings. The fourth-order valence-corrected chi connectivity index (χ4v) is 4.82. The van der Waals surface area contributed by atoms with Gasteiger partial charge < -0.3 is 15.3 Å². The zero-order valence-corrected chi connectivity index (χ0v) is 19.4. The lowest BCUT2D eigenvalue weighted by atomic mass is 9.86. The number of benzene rings is 3. The Balaban J connectivity index is 1.79. The van der Waals surface area contributed by atoms with E-state index in [1.165, 1.54) is 10.5 Å². The van der Waals surface area contributed by atoms with Crippen LogP contribution in [0.15, 0.2) is 65.6 Å². The molecular weight excluding hydrogens is 404 g/mol. The van der Waals surface area contributed by atoms with Gasteiger partial charge in [0.1, 0.15) is 0 Å². The molecule has 3 N–H and O–H groups in total. The fraction of sp³-hybridized carbons (Fsp3) is 0.333. The summed E-state index contributed by atoms with van der Waals surface area (Å²) < 4.78 is 0. The maximum atomic E-state index is 10.8. The van der Waals surface area contributed by atoms with E-state index < -0.39 is 5.60 Å². The van der Waals surface area contributed by atoms with E-state index in [1.54, 1.807) is 11.8 Å². The van der Waals surface area contributed by atoms with Crippen LogP contribution in [0, 0.1) is 6.92 Å². The first-order valence-corrected chi connectivity index (χ1v) is 11.8.